The smallest absolute Gasteiger partial charge is 0.191 e. The monoisotopic (exact) mass is 461 g/mol. The Bertz CT molecular complexity index is 543. The number of hydrogen-bond donors (Lipinski definition) is 3. The van der Waals surface area contributed by atoms with E-state index in [9.17, 15) is 5.11 Å². The first-order valence-electron chi connectivity index (χ1n) is 9.07. The fraction of sp³-hybridized carbons (Fsp3) is 0.632. The van der Waals surface area contributed by atoms with Crippen molar-refractivity contribution in [3.05, 3.63) is 23.8 Å². The lowest BCUT2D eigenvalue weighted by atomic mass is 9.84. The summed E-state index contributed by atoms with van der Waals surface area (Å²) in [7, 11) is 1.56. The molecule has 0 saturated heterocycles. The van der Waals surface area contributed by atoms with Gasteiger partial charge in [-0.15, -0.1) is 24.0 Å². The number of methoxy groups -OCH3 is 1. The average Bonchev–Trinajstić information content (AvgIpc) is 2.61. The van der Waals surface area contributed by atoms with E-state index < -0.39 is 0 Å². The molecule has 1 saturated carbocycles. The molecule has 25 heavy (non-hydrogen) atoms. The number of aromatic hydroxyl groups is 1. The van der Waals surface area contributed by atoms with Gasteiger partial charge in [-0.3, -0.25) is 0 Å². The first-order chi connectivity index (χ1) is 11.7. The molecule has 0 atom stereocenters. The molecule has 0 heterocycles. The van der Waals surface area contributed by atoms with Crippen LogP contribution in [0.1, 0.15) is 51.5 Å². The van der Waals surface area contributed by atoms with Crippen LogP contribution in [0.25, 0.3) is 0 Å². The summed E-state index contributed by atoms with van der Waals surface area (Å²) in [6.07, 6.45) is 6.28. The summed E-state index contributed by atoms with van der Waals surface area (Å²) < 4.78 is 5.15. The Morgan fingerprint density at radius 2 is 1.96 bits per heavy atom. The second-order valence-corrected chi connectivity index (χ2v) is 6.43. The van der Waals surface area contributed by atoms with Crippen LogP contribution in [0, 0.1) is 5.92 Å². The van der Waals surface area contributed by atoms with Crippen molar-refractivity contribution in [3.8, 4) is 11.5 Å². The van der Waals surface area contributed by atoms with E-state index in [1.165, 1.54) is 32.1 Å². The molecular formula is C19H32IN3O2. The highest BCUT2D eigenvalue weighted by molar-refractivity contribution is 14.0. The Morgan fingerprint density at radius 1 is 1.24 bits per heavy atom. The number of ether oxygens (including phenoxy) is 1. The third kappa shape index (κ3) is 6.56. The predicted molar refractivity (Wildman–Crippen MR) is 114 cm³/mol. The van der Waals surface area contributed by atoms with Crippen molar-refractivity contribution in [3.63, 3.8) is 0 Å². The molecule has 5 nitrogen and oxygen atoms in total. The van der Waals surface area contributed by atoms with Gasteiger partial charge in [-0.05, 0) is 44.6 Å². The van der Waals surface area contributed by atoms with Crippen LogP contribution in [-0.4, -0.2) is 30.8 Å². The van der Waals surface area contributed by atoms with Gasteiger partial charge < -0.3 is 20.5 Å². The molecule has 0 aliphatic heterocycles. The van der Waals surface area contributed by atoms with E-state index >= 15 is 0 Å². The molecule has 1 fully saturated rings. The number of phenolic OH excluding ortho intramolecular Hbond substituents is 1. The normalized spacial score (nSPS) is 20.5. The van der Waals surface area contributed by atoms with Crippen LogP contribution in [0.2, 0.25) is 0 Å². The van der Waals surface area contributed by atoms with Gasteiger partial charge in [0.1, 0.15) is 0 Å². The zero-order valence-corrected chi connectivity index (χ0v) is 17.9. The Hall–Kier alpha value is -1.18. The number of nitrogens with one attached hydrogen (secondary N) is 2. The van der Waals surface area contributed by atoms with Crippen LogP contribution in [0.5, 0.6) is 11.5 Å². The minimum Gasteiger partial charge on any atom is -0.504 e. The second-order valence-electron chi connectivity index (χ2n) is 6.43. The summed E-state index contributed by atoms with van der Waals surface area (Å²) in [6, 6.07) is 5.98. The van der Waals surface area contributed by atoms with E-state index in [0.717, 1.165) is 24.0 Å². The predicted octanol–water partition coefficient (Wildman–Crippen LogP) is 4.04. The lowest BCUT2D eigenvalue weighted by Gasteiger charge is -2.29. The van der Waals surface area contributed by atoms with Crippen molar-refractivity contribution in [2.24, 2.45) is 10.9 Å². The molecular weight excluding hydrogens is 429 g/mol. The highest BCUT2D eigenvalue weighted by Gasteiger charge is 2.20. The van der Waals surface area contributed by atoms with Gasteiger partial charge in [0, 0.05) is 18.2 Å². The first-order valence-corrected chi connectivity index (χ1v) is 9.07. The van der Waals surface area contributed by atoms with E-state index in [1.54, 1.807) is 13.2 Å². The number of phenols is 1. The maximum absolute atomic E-state index is 10.2. The van der Waals surface area contributed by atoms with E-state index in [2.05, 4.69) is 29.5 Å². The summed E-state index contributed by atoms with van der Waals surface area (Å²) in [5.74, 6) is 2.36. The third-order valence-corrected chi connectivity index (χ3v) is 4.82. The third-order valence-electron chi connectivity index (χ3n) is 4.82. The van der Waals surface area contributed by atoms with Crippen LogP contribution < -0.4 is 15.4 Å². The number of guanidine groups is 1. The average molecular weight is 461 g/mol. The van der Waals surface area contributed by atoms with Crippen molar-refractivity contribution in [2.75, 3.05) is 13.7 Å². The largest absolute Gasteiger partial charge is 0.504 e. The summed E-state index contributed by atoms with van der Waals surface area (Å²) in [6.45, 7) is 5.58. The Morgan fingerprint density at radius 3 is 2.56 bits per heavy atom. The Labute approximate surface area is 168 Å². The lowest BCUT2D eigenvalue weighted by Crippen LogP contribution is -2.44. The van der Waals surface area contributed by atoms with Gasteiger partial charge in [-0.1, -0.05) is 25.5 Å². The molecule has 1 aromatic rings. The SMILES string of the molecule is CCNC(=NCc1cccc(OC)c1O)NC1CCC(CC)CC1.I. The quantitative estimate of drug-likeness (QED) is 0.340. The van der Waals surface area contributed by atoms with Crippen LogP contribution in [-0.2, 0) is 6.54 Å². The van der Waals surface area contributed by atoms with Crippen molar-refractivity contribution >= 4 is 29.9 Å². The van der Waals surface area contributed by atoms with Gasteiger partial charge in [0.15, 0.2) is 17.5 Å². The van der Waals surface area contributed by atoms with Crippen molar-refractivity contribution < 1.29 is 9.84 Å². The highest BCUT2D eigenvalue weighted by Crippen LogP contribution is 2.30. The van der Waals surface area contributed by atoms with Gasteiger partial charge in [-0.2, -0.15) is 0 Å². The molecule has 0 aromatic heterocycles. The van der Waals surface area contributed by atoms with Crippen LogP contribution in [0.15, 0.2) is 23.2 Å². The maximum Gasteiger partial charge on any atom is 0.191 e. The van der Waals surface area contributed by atoms with E-state index in [4.69, 9.17) is 4.74 Å². The highest BCUT2D eigenvalue weighted by atomic mass is 127. The molecule has 0 unspecified atom stereocenters. The lowest BCUT2D eigenvalue weighted by molar-refractivity contribution is 0.304. The van der Waals surface area contributed by atoms with E-state index in [-0.39, 0.29) is 29.7 Å². The summed E-state index contributed by atoms with van der Waals surface area (Å²) in [5.41, 5.74) is 0.765. The van der Waals surface area contributed by atoms with E-state index in [0.29, 0.717) is 18.3 Å². The Balaban J connectivity index is 0.00000312. The molecule has 142 valence electrons. The molecule has 0 amide bonds. The molecule has 6 heteroatoms. The van der Waals surface area contributed by atoms with Crippen LogP contribution >= 0.6 is 24.0 Å². The summed E-state index contributed by atoms with van der Waals surface area (Å²) in [5, 5.41) is 17.0. The number of para-hydroxylation sites is 1. The molecule has 2 rings (SSSR count). The fourth-order valence-electron chi connectivity index (χ4n) is 3.25. The molecule has 1 aliphatic rings. The number of hydrogen-bond acceptors (Lipinski definition) is 3. The van der Waals surface area contributed by atoms with E-state index in [1.807, 2.05) is 12.1 Å². The van der Waals surface area contributed by atoms with Gasteiger partial charge in [0.25, 0.3) is 0 Å². The van der Waals surface area contributed by atoms with Crippen molar-refractivity contribution in [2.45, 2.75) is 58.5 Å². The molecule has 3 N–H and O–H groups in total. The molecule has 1 aromatic carbocycles. The summed E-state index contributed by atoms with van der Waals surface area (Å²) >= 11 is 0. The first kappa shape index (κ1) is 21.9. The molecule has 0 bridgehead atoms. The minimum absolute atomic E-state index is 0. The summed E-state index contributed by atoms with van der Waals surface area (Å²) in [4.78, 5) is 4.63. The number of halogens is 1. The second kappa shape index (κ2) is 11.4. The van der Waals surface area contributed by atoms with Crippen molar-refractivity contribution in [1.29, 1.82) is 0 Å². The topological polar surface area (TPSA) is 65.9 Å². The van der Waals surface area contributed by atoms with Gasteiger partial charge >= 0.3 is 0 Å². The standard InChI is InChI=1S/C19H31N3O2.HI/c1-4-14-9-11-16(12-10-14)22-19(20-5-2)21-13-15-7-6-8-17(24-3)18(15)23;/h6-8,14,16,23H,4-5,9-13H2,1-3H3,(H2,20,21,22);1H. The number of benzene rings is 1. The van der Waals surface area contributed by atoms with Crippen LogP contribution in [0.4, 0.5) is 0 Å². The number of nitrogens with zero attached hydrogens (tertiary/aromatic N) is 1. The molecule has 1 aliphatic carbocycles. The van der Waals surface area contributed by atoms with Gasteiger partial charge in [0.2, 0.25) is 0 Å². The maximum atomic E-state index is 10.2. The van der Waals surface area contributed by atoms with Gasteiger partial charge in [0.05, 0.1) is 13.7 Å². The molecule has 0 radical (unpaired) electrons. The number of aliphatic imine (C=N–C) groups is 1. The number of rotatable bonds is 6. The van der Waals surface area contributed by atoms with Crippen molar-refractivity contribution in [1.82, 2.24) is 10.6 Å². The van der Waals surface area contributed by atoms with Crippen LogP contribution in [0.3, 0.4) is 0 Å². The Kier molecular flexibility index (Phi) is 10.0. The fourth-order valence-corrected chi connectivity index (χ4v) is 3.25. The minimum atomic E-state index is 0. The molecule has 0 spiro atoms. The van der Waals surface area contributed by atoms with Gasteiger partial charge in [-0.25, -0.2) is 4.99 Å². The zero-order chi connectivity index (χ0) is 17.4. The zero-order valence-electron chi connectivity index (χ0n) is 15.5.